The van der Waals surface area contributed by atoms with Gasteiger partial charge in [-0.05, 0) is 44.1 Å². The average Bonchev–Trinajstić information content (AvgIpc) is 3.43. The molecule has 3 heterocycles. The highest BCUT2D eigenvalue weighted by atomic mass is 35.5. The Balaban J connectivity index is 0.00000361. The summed E-state index contributed by atoms with van der Waals surface area (Å²) >= 11 is 1.49. The first-order valence-corrected chi connectivity index (χ1v) is 12.5. The third kappa shape index (κ3) is 4.95. The van der Waals surface area contributed by atoms with Crippen LogP contribution in [0.2, 0.25) is 0 Å². The lowest BCUT2D eigenvalue weighted by Crippen LogP contribution is -2.41. The number of carbonyl (C=O) groups excluding carboxylic acids is 1. The number of aryl methyl sites for hydroxylation is 3. The predicted octanol–water partition coefficient (Wildman–Crippen LogP) is 2.46. The molecule has 4 rings (SSSR count). The Morgan fingerprint density at radius 1 is 1.06 bits per heavy atom. The highest BCUT2D eigenvalue weighted by Crippen LogP contribution is 2.32. The molecule has 0 fully saturated rings. The van der Waals surface area contributed by atoms with Crippen LogP contribution in [0, 0.1) is 13.8 Å². The van der Waals surface area contributed by atoms with E-state index in [0.29, 0.717) is 18.2 Å². The quantitative estimate of drug-likeness (QED) is 0.345. The van der Waals surface area contributed by atoms with Crippen molar-refractivity contribution in [2.45, 2.75) is 34.2 Å². The van der Waals surface area contributed by atoms with E-state index >= 15 is 0 Å². The van der Waals surface area contributed by atoms with E-state index in [4.69, 9.17) is 4.98 Å². The van der Waals surface area contributed by atoms with Gasteiger partial charge in [0, 0.05) is 27.2 Å². The van der Waals surface area contributed by atoms with Crippen LogP contribution in [-0.2, 0) is 25.4 Å². The zero-order valence-corrected chi connectivity index (χ0v) is 23.1. The lowest BCUT2D eigenvalue weighted by Gasteiger charge is -2.25. The molecule has 1 amide bonds. The number of rotatable bonds is 8. The molecule has 0 atom stereocenters. The minimum Gasteiger partial charge on any atom is -0.315 e. The van der Waals surface area contributed by atoms with Crippen molar-refractivity contribution in [3.8, 4) is 0 Å². The van der Waals surface area contributed by atoms with Crippen molar-refractivity contribution < 1.29 is 4.79 Å². The van der Waals surface area contributed by atoms with Crippen molar-refractivity contribution in [1.29, 1.82) is 0 Å². The first-order valence-electron chi connectivity index (χ1n) is 11.7. The number of likely N-dealkylation sites (N-methyl/N-ethyl adjacent to an activating group) is 1. The van der Waals surface area contributed by atoms with Crippen LogP contribution in [0.25, 0.3) is 21.4 Å². The number of anilines is 1. The summed E-state index contributed by atoms with van der Waals surface area (Å²) < 4.78 is 4.90. The van der Waals surface area contributed by atoms with Gasteiger partial charge in [0.2, 0.25) is 5.91 Å². The monoisotopic (exact) mass is 533 g/mol. The van der Waals surface area contributed by atoms with Gasteiger partial charge < -0.3 is 9.47 Å². The molecule has 0 aliphatic heterocycles. The molecule has 4 aromatic rings. The molecule has 10 nitrogen and oxygen atoms in total. The maximum atomic E-state index is 13.7. The Morgan fingerprint density at radius 3 is 2.42 bits per heavy atom. The molecule has 0 aliphatic carbocycles. The van der Waals surface area contributed by atoms with E-state index in [-0.39, 0.29) is 36.0 Å². The van der Waals surface area contributed by atoms with E-state index in [1.54, 1.807) is 11.9 Å². The van der Waals surface area contributed by atoms with Crippen molar-refractivity contribution >= 4 is 56.2 Å². The Labute approximate surface area is 219 Å². The van der Waals surface area contributed by atoms with Crippen molar-refractivity contribution in [2.24, 2.45) is 14.1 Å². The van der Waals surface area contributed by atoms with Crippen molar-refractivity contribution in [2.75, 3.05) is 31.1 Å². The Kier molecular flexibility index (Phi) is 8.37. The van der Waals surface area contributed by atoms with Gasteiger partial charge in [0.1, 0.15) is 6.54 Å². The van der Waals surface area contributed by atoms with Gasteiger partial charge in [-0.1, -0.05) is 31.3 Å². The summed E-state index contributed by atoms with van der Waals surface area (Å²) in [6.45, 7) is 11.1. The number of hydrogen-bond acceptors (Lipinski definition) is 7. The van der Waals surface area contributed by atoms with Gasteiger partial charge in [0.05, 0.1) is 16.5 Å². The molecule has 36 heavy (non-hydrogen) atoms. The van der Waals surface area contributed by atoms with E-state index in [1.807, 2.05) is 13.8 Å². The summed E-state index contributed by atoms with van der Waals surface area (Å²) in [4.78, 5) is 51.8. The molecule has 0 bridgehead atoms. The normalized spacial score (nSPS) is 11.4. The number of hydrogen-bond donors (Lipinski definition) is 0. The number of carbonyl (C=O) groups is 1. The molecule has 0 aliphatic rings. The smallest absolute Gasteiger partial charge is 0.315 e. The highest BCUT2D eigenvalue weighted by molar-refractivity contribution is 7.22. The fourth-order valence-corrected chi connectivity index (χ4v) is 5.52. The van der Waals surface area contributed by atoms with Gasteiger partial charge in [-0.25, -0.2) is 14.8 Å². The maximum Gasteiger partial charge on any atom is 0.332 e. The van der Waals surface area contributed by atoms with E-state index in [9.17, 15) is 14.4 Å². The third-order valence-electron chi connectivity index (χ3n) is 6.41. The van der Waals surface area contributed by atoms with Crippen LogP contribution in [0.15, 0.2) is 28.0 Å². The molecule has 3 aromatic heterocycles. The molecular formula is C24H32ClN7O3S. The van der Waals surface area contributed by atoms with Crippen LogP contribution in [0.5, 0.6) is 0 Å². The van der Waals surface area contributed by atoms with Crippen LogP contribution >= 0.6 is 23.7 Å². The van der Waals surface area contributed by atoms with E-state index < -0.39 is 11.2 Å². The number of fused-ring (bicyclic) bond motifs is 2. The van der Waals surface area contributed by atoms with Gasteiger partial charge in [0.15, 0.2) is 16.3 Å². The van der Waals surface area contributed by atoms with E-state index in [0.717, 1.165) is 39.0 Å². The zero-order valence-electron chi connectivity index (χ0n) is 21.4. The minimum absolute atomic E-state index is 0. The lowest BCUT2D eigenvalue weighted by atomic mass is 10.1. The topological polar surface area (TPSA) is 98.3 Å². The van der Waals surface area contributed by atoms with Crippen LogP contribution in [0.1, 0.15) is 25.0 Å². The van der Waals surface area contributed by atoms with Crippen LogP contribution in [0.4, 0.5) is 5.13 Å². The standard InChI is InChI=1S/C24H31N7O3S.ClH/c1-7-29(8-2)9-10-31(23-26-19-16(4)11-15(3)12-17(19)35-23)18(32)13-30-14-25-21-20(30)22(33)28(6)24(34)27(21)5;/h11-12,14H,7-10,13H2,1-6H3;1H. The number of halogens is 1. The molecule has 0 radical (unpaired) electrons. The van der Waals surface area contributed by atoms with E-state index in [1.165, 1.54) is 33.8 Å². The minimum atomic E-state index is -0.478. The van der Waals surface area contributed by atoms with Gasteiger partial charge in [-0.15, -0.1) is 12.4 Å². The summed E-state index contributed by atoms with van der Waals surface area (Å²) in [5.74, 6) is -0.194. The second-order valence-electron chi connectivity index (χ2n) is 8.75. The van der Waals surface area contributed by atoms with Crippen LogP contribution < -0.4 is 16.1 Å². The summed E-state index contributed by atoms with van der Waals surface area (Å²) in [5.41, 5.74) is 2.66. The molecule has 0 saturated heterocycles. The SMILES string of the molecule is CCN(CC)CCN(C(=O)Cn1cnc2c1c(=O)n(C)c(=O)n2C)c1nc2c(C)cc(C)cc2s1.Cl. The second-order valence-corrected chi connectivity index (χ2v) is 9.76. The fourth-order valence-electron chi connectivity index (χ4n) is 4.33. The fraction of sp³-hybridized carbons (Fsp3) is 0.458. The predicted molar refractivity (Wildman–Crippen MR) is 147 cm³/mol. The maximum absolute atomic E-state index is 13.7. The van der Waals surface area contributed by atoms with Crippen molar-refractivity contribution in [1.82, 2.24) is 28.6 Å². The lowest BCUT2D eigenvalue weighted by molar-refractivity contribution is -0.119. The molecule has 0 saturated carbocycles. The molecule has 0 N–H and O–H groups in total. The first kappa shape index (κ1) is 27.6. The van der Waals surface area contributed by atoms with Gasteiger partial charge in [-0.3, -0.25) is 23.6 Å². The average molecular weight is 534 g/mol. The largest absolute Gasteiger partial charge is 0.332 e. The van der Waals surface area contributed by atoms with E-state index in [2.05, 4.69) is 35.9 Å². The Bertz CT molecular complexity index is 1530. The van der Waals surface area contributed by atoms with Gasteiger partial charge >= 0.3 is 5.69 Å². The number of benzene rings is 1. The summed E-state index contributed by atoms with van der Waals surface area (Å²) in [5, 5.41) is 0.635. The Hall–Kier alpha value is -3.02. The molecule has 194 valence electrons. The van der Waals surface area contributed by atoms with Gasteiger partial charge in [-0.2, -0.15) is 0 Å². The summed E-state index contributed by atoms with van der Waals surface area (Å²) in [7, 11) is 2.98. The Morgan fingerprint density at radius 2 is 1.75 bits per heavy atom. The summed E-state index contributed by atoms with van der Waals surface area (Å²) in [6.07, 6.45) is 1.44. The number of thiazole rings is 1. The van der Waals surface area contributed by atoms with Gasteiger partial charge in [0.25, 0.3) is 5.56 Å². The molecule has 0 spiro atoms. The van der Waals surface area contributed by atoms with Crippen molar-refractivity contribution in [3.63, 3.8) is 0 Å². The number of nitrogens with zero attached hydrogens (tertiary/aromatic N) is 7. The summed E-state index contributed by atoms with van der Waals surface area (Å²) in [6, 6.07) is 4.18. The molecule has 0 unspecified atom stereocenters. The van der Waals surface area contributed by atoms with Crippen molar-refractivity contribution in [3.05, 3.63) is 50.4 Å². The molecular weight excluding hydrogens is 502 g/mol. The van der Waals surface area contributed by atoms with Crippen LogP contribution in [-0.4, -0.2) is 60.7 Å². The first-order chi connectivity index (χ1) is 16.7. The molecule has 1 aromatic carbocycles. The highest BCUT2D eigenvalue weighted by Gasteiger charge is 2.23. The third-order valence-corrected chi connectivity index (χ3v) is 7.43. The number of amides is 1. The number of aromatic nitrogens is 5. The second kappa shape index (κ2) is 10.9. The molecule has 12 heteroatoms. The number of imidazole rings is 1. The van der Waals surface area contributed by atoms with Crippen LogP contribution in [0.3, 0.4) is 0 Å². The zero-order chi connectivity index (χ0) is 25.4.